The molecular formula is C15H20N4OS. The van der Waals surface area contributed by atoms with Crippen LogP contribution in [0, 0.1) is 4.77 Å². The zero-order valence-electron chi connectivity index (χ0n) is 12.4. The molecule has 1 aromatic heterocycles. The molecule has 1 aliphatic rings. The van der Waals surface area contributed by atoms with Crippen LogP contribution in [0.25, 0.3) is 0 Å². The van der Waals surface area contributed by atoms with Gasteiger partial charge in [-0.2, -0.15) is 0 Å². The van der Waals surface area contributed by atoms with Gasteiger partial charge in [0.25, 0.3) is 0 Å². The van der Waals surface area contributed by atoms with Gasteiger partial charge in [-0.25, -0.2) is 5.10 Å². The van der Waals surface area contributed by atoms with Crippen molar-refractivity contribution < 1.29 is 4.74 Å². The predicted molar refractivity (Wildman–Crippen MR) is 86.0 cm³/mol. The molecule has 1 N–H and O–H groups in total. The Morgan fingerprint density at radius 1 is 1.38 bits per heavy atom. The monoisotopic (exact) mass is 304 g/mol. The van der Waals surface area contributed by atoms with Gasteiger partial charge in [-0.1, -0.05) is 18.9 Å². The number of ether oxygens (including phenoxy) is 1. The first kappa shape index (κ1) is 14.1. The fourth-order valence-corrected chi connectivity index (χ4v) is 3.24. The quantitative estimate of drug-likeness (QED) is 0.872. The summed E-state index contributed by atoms with van der Waals surface area (Å²) in [5.41, 5.74) is 1.03. The Morgan fingerprint density at radius 2 is 2.14 bits per heavy atom. The Kier molecular flexibility index (Phi) is 3.96. The van der Waals surface area contributed by atoms with Gasteiger partial charge in [-0.15, -0.1) is 5.10 Å². The topological polar surface area (TPSA) is 46.1 Å². The van der Waals surface area contributed by atoms with Crippen LogP contribution in [0.15, 0.2) is 24.3 Å². The number of hydrogen-bond donors (Lipinski definition) is 1. The Bertz CT molecular complexity index is 672. The van der Waals surface area contributed by atoms with Gasteiger partial charge >= 0.3 is 0 Å². The van der Waals surface area contributed by atoms with E-state index in [-0.39, 0.29) is 0 Å². The lowest BCUT2D eigenvalue weighted by molar-refractivity contribution is 0.415. The lowest BCUT2D eigenvalue weighted by Gasteiger charge is -2.22. The second-order valence-electron chi connectivity index (χ2n) is 5.40. The third-order valence-corrected chi connectivity index (χ3v) is 4.40. The van der Waals surface area contributed by atoms with Gasteiger partial charge in [-0.3, -0.25) is 4.57 Å². The molecule has 0 radical (unpaired) electrons. The minimum absolute atomic E-state index is 0.458. The van der Waals surface area contributed by atoms with Crippen molar-refractivity contribution in [2.75, 3.05) is 19.1 Å². The molecule has 1 aromatic carbocycles. The van der Waals surface area contributed by atoms with Crippen molar-refractivity contribution in [2.45, 2.75) is 31.7 Å². The molecule has 0 saturated heterocycles. The van der Waals surface area contributed by atoms with E-state index in [1.54, 1.807) is 7.11 Å². The Hall–Kier alpha value is -1.82. The summed E-state index contributed by atoms with van der Waals surface area (Å²) in [5, 5.41) is 7.36. The second kappa shape index (κ2) is 5.89. The molecule has 0 unspecified atom stereocenters. The van der Waals surface area contributed by atoms with Crippen molar-refractivity contribution in [3.8, 4) is 5.75 Å². The standard InChI is InChI=1S/C15H20N4OS/c1-18(12-8-5-9-13(10-12)20-2)14-16-17-15(21)19(14)11-6-3-4-7-11/h5,8-11H,3-4,6-7H2,1-2H3,(H,17,21). The van der Waals surface area contributed by atoms with Crippen molar-refractivity contribution in [1.29, 1.82) is 0 Å². The van der Waals surface area contributed by atoms with Crippen LogP contribution in [-0.4, -0.2) is 28.9 Å². The molecule has 0 atom stereocenters. The van der Waals surface area contributed by atoms with Crippen molar-refractivity contribution in [2.24, 2.45) is 0 Å². The number of aromatic nitrogens is 3. The molecule has 2 aromatic rings. The molecule has 1 aliphatic carbocycles. The van der Waals surface area contributed by atoms with Gasteiger partial charge in [0.05, 0.1) is 7.11 Å². The number of hydrogen-bond acceptors (Lipinski definition) is 4. The maximum Gasteiger partial charge on any atom is 0.230 e. The van der Waals surface area contributed by atoms with E-state index >= 15 is 0 Å². The van der Waals surface area contributed by atoms with Gasteiger partial charge in [-0.05, 0) is 37.2 Å². The molecule has 21 heavy (non-hydrogen) atoms. The first-order chi connectivity index (χ1) is 10.2. The average Bonchev–Trinajstić information content (AvgIpc) is 3.15. The van der Waals surface area contributed by atoms with Crippen molar-refractivity contribution in [1.82, 2.24) is 14.8 Å². The highest BCUT2D eigenvalue weighted by Crippen LogP contribution is 2.34. The van der Waals surface area contributed by atoms with Crippen molar-refractivity contribution in [3.05, 3.63) is 29.0 Å². The fraction of sp³-hybridized carbons (Fsp3) is 0.467. The van der Waals surface area contributed by atoms with Gasteiger partial charge < -0.3 is 9.64 Å². The van der Waals surface area contributed by atoms with Crippen LogP contribution >= 0.6 is 12.2 Å². The molecule has 3 rings (SSSR count). The minimum Gasteiger partial charge on any atom is -0.497 e. The molecule has 5 nitrogen and oxygen atoms in total. The summed E-state index contributed by atoms with van der Waals surface area (Å²) in [4.78, 5) is 2.05. The van der Waals surface area contributed by atoms with E-state index in [4.69, 9.17) is 17.0 Å². The number of methoxy groups -OCH3 is 1. The second-order valence-corrected chi connectivity index (χ2v) is 5.78. The molecule has 1 saturated carbocycles. The zero-order valence-corrected chi connectivity index (χ0v) is 13.2. The third-order valence-electron chi connectivity index (χ3n) is 4.12. The number of nitrogens with zero attached hydrogens (tertiary/aromatic N) is 3. The van der Waals surface area contributed by atoms with Crippen molar-refractivity contribution in [3.63, 3.8) is 0 Å². The molecule has 0 aliphatic heterocycles. The summed E-state index contributed by atoms with van der Waals surface area (Å²) < 4.78 is 8.15. The van der Waals surface area contributed by atoms with Crippen LogP contribution < -0.4 is 9.64 Å². The summed E-state index contributed by atoms with van der Waals surface area (Å²) in [6.45, 7) is 0. The van der Waals surface area contributed by atoms with E-state index in [2.05, 4.69) is 14.8 Å². The summed E-state index contributed by atoms with van der Waals surface area (Å²) in [7, 11) is 3.68. The van der Waals surface area contributed by atoms with E-state index in [0.717, 1.165) is 17.4 Å². The summed E-state index contributed by atoms with van der Waals surface area (Å²) in [6, 6.07) is 8.41. The smallest absolute Gasteiger partial charge is 0.230 e. The number of nitrogens with one attached hydrogen (secondary N) is 1. The van der Waals surface area contributed by atoms with Crippen LogP contribution in [0.2, 0.25) is 0 Å². The largest absolute Gasteiger partial charge is 0.497 e. The molecule has 112 valence electrons. The highest BCUT2D eigenvalue weighted by atomic mass is 32.1. The lowest BCUT2D eigenvalue weighted by atomic mass is 10.2. The Balaban J connectivity index is 1.97. The van der Waals surface area contributed by atoms with E-state index in [9.17, 15) is 0 Å². The first-order valence-electron chi connectivity index (χ1n) is 7.25. The zero-order chi connectivity index (χ0) is 14.8. The van der Waals surface area contributed by atoms with Crippen LogP contribution in [0.4, 0.5) is 11.6 Å². The molecule has 1 heterocycles. The molecule has 6 heteroatoms. The minimum atomic E-state index is 0.458. The normalized spacial score (nSPS) is 15.3. The molecular weight excluding hydrogens is 284 g/mol. The molecule has 0 amide bonds. The van der Waals surface area contributed by atoms with Crippen LogP contribution in [0.5, 0.6) is 5.75 Å². The molecule has 0 spiro atoms. The van der Waals surface area contributed by atoms with Gasteiger partial charge in [0, 0.05) is 24.8 Å². The van der Waals surface area contributed by atoms with Crippen LogP contribution in [-0.2, 0) is 0 Å². The summed E-state index contributed by atoms with van der Waals surface area (Å²) in [6.07, 6.45) is 4.87. The Labute approximate surface area is 129 Å². The summed E-state index contributed by atoms with van der Waals surface area (Å²) in [5.74, 6) is 1.70. The van der Waals surface area contributed by atoms with Gasteiger partial charge in [0.2, 0.25) is 5.95 Å². The number of benzene rings is 1. The lowest BCUT2D eigenvalue weighted by Crippen LogP contribution is -2.18. The van der Waals surface area contributed by atoms with E-state index in [1.165, 1.54) is 25.7 Å². The van der Waals surface area contributed by atoms with Gasteiger partial charge in [0.1, 0.15) is 5.75 Å². The number of H-pyrrole nitrogens is 1. The number of anilines is 2. The molecule has 1 fully saturated rings. The maximum atomic E-state index is 5.42. The highest BCUT2D eigenvalue weighted by molar-refractivity contribution is 7.71. The Morgan fingerprint density at radius 3 is 2.86 bits per heavy atom. The van der Waals surface area contributed by atoms with E-state index in [0.29, 0.717) is 10.8 Å². The third kappa shape index (κ3) is 2.68. The maximum absolute atomic E-state index is 5.42. The van der Waals surface area contributed by atoms with Gasteiger partial charge in [0.15, 0.2) is 4.77 Å². The predicted octanol–water partition coefficient (Wildman–Crippen LogP) is 3.83. The number of rotatable bonds is 4. The SMILES string of the molecule is COc1cccc(N(C)c2n[nH]c(=S)n2C2CCCC2)c1. The number of aromatic amines is 1. The average molecular weight is 304 g/mol. The van der Waals surface area contributed by atoms with Crippen LogP contribution in [0.3, 0.4) is 0 Å². The van der Waals surface area contributed by atoms with Crippen molar-refractivity contribution >= 4 is 23.9 Å². The van der Waals surface area contributed by atoms with Crippen LogP contribution in [0.1, 0.15) is 31.7 Å². The van der Waals surface area contributed by atoms with E-state index in [1.807, 2.05) is 36.2 Å². The first-order valence-corrected chi connectivity index (χ1v) is 7.66. The highest BCUT2D eigenvalue weighted by Gasteiger charge is 2.23. The fourth-order valence-electron chi connectivity index (χ4n) is 2.96. The van der Waals surface area contributed by atoms with E-state index < -0.39 is 0 Å². The molecule has 0 bridgehead atoms. The summed E-state index contributed by atoms with van der Waals surface area (Å²) >= 11 is 5.42.